The summed E-state index contributed by atoms with van der Waals surface area (Å²) >= 11 is 0. The number of nitrogens with one attached hydrogen (secondary N) is 2. The van der Waals surface area contributed by atoms with Crippen LogP contribution in [0.15, 0.2) is 42.5 Å². The molecule has 1 aromatic carbocycles. The molecule has 1 aliphatic rings. The molecule has 2 amide bonds. The van der Waals surface area contributed by atoms with Crippen LogP contribution < -0.4 is 10.6 Å². The number of aliphatic hydroxyl groups is 3. The van der Waals surface area contributed by atoms with Crippen molar-refractivity contribution in [3.8, 4) is 0 Å². The Labute approximate surface area is 183 Å². The average Bonchev–Trinajstić information content (AvgIpc) is 2.96. The van der Waals surface area contributed by atoms with Gasteiger partial charge in [-0.05, 0) is 30.7 Å². The summed E-state index contributed by atoms with van der Waals surface area (Å²) in [7, 11) is 0. The zero-order valence-corrected chi connectivity index (χ0v) is 18.1. The summed E-state index contributed by atoms with van der Waals surface area (Å²) < 4.78 is 5.67. The molecule has 1 fully saturated rings. The molecule has 0 aromatic heterocycles. The maximum atomic E-state index is 12.9. The number of aliphatic hydroxyl groups excluding tert-OH is 3. The maximum absolute atomic E-state index is 12.9. The zero-order valence-electron chi connectivity index (χ0n) is 18.1. The minimum absolute atomic E-state index is 0.0114. The van der Waals surface area contributed by atoms with E-state index in [4.69, 9.17) is 4.74 Å². The van der Waals surface area contributed by atoms with Gasteiger partial charge in [-0.2, -0.15) is 0 Å². The third-order valence-corrected chi connectivity index (χ3v) is 5.09. The van der Waals surface area contributed by atoms with Gasteiger partial charge in [-0.1, -0.05) is 56.3 Å². The first-order chi connectivity index (χ1) is 14.8. The largest absolute Gasteiger partial charge is 0.387 e. The molecule has 172 valence electrons. The summed E-state index contributed by atoms with van der Waals surface area (Å²) in [5, 5.41) is 36.7. The molecule has 31 heavy (non-hydrogen) atoms. The topological polar surface area (TPSA) is 128 Å². The van der Waals surface area contributed by atoms with Crippen LogP contribution >= 0.6 is 0 Å². The molecule has 1 saturated heterocycles. The van der Waals surface area contributed by atoms with Crippen LogP contribution in [0.2, 0.25) is 0 Å². The minimum Gasteiger partial charge on any atom is -0.387 e. The lowest BCUT2D eigenvalue weighted by atomic mass is 10.00. The second-order valence-electron chi connectivity index (χ2n) is 8.17. The molecular formula is C23H34N2O6. The Bertz CT molecular complexity index is 724. The first kappa shape index (κ1) is 25.0. The van der Waals surface area contributed by atoms with E-state index in [0.29, 0.717) is 13.0 Å². The molecule has 1 aromatic rings. The van der Waals surface area contributed by atoms with E-state index >= 15 is 0 Å². The van der Waals surface area contributed by atoms with Gasteiger partial charge in [0.15, 0.2) is 6.10 Å². The van der Waals surface area contributed by atoms with Crippen molar-refractivity contribution >= 4 is 11.8 Å². The smallest absolute Gasteiger partial charge is 0.252 e. The molecule has 8 nitrogen and oxygen atoms in total. The maximum Gasteiger partial charge on any atom is 0.252 e. The van der Waals surface area contributed by atoms with Crippen LogP contribution in [0.4, 0.5) is 0 Å². The lowest BCUT2D eigenvalue weighted by molar-refractivity contribution is -0.156. The Kier molecular flexibility index (Phi) is 10.1. The fourth-order valence-electron chi connectivity index (χ4n) is 3.25. The SMILES string of the molecule is CC(C)/C=C/[C@@H](O)[C@H](O)[C@@H](O)[C@@H](OCc1ccccc1)C(=O)N[C@H]1CCCCNC1=O. The summed E-state index contributed by atoms with van der Waals surface area (Å²) in [6, 6.07) is 8.33. The monoisotopic (exact) mass is 434 g/mol. The highest BCUT2D eigenvalue weighted by molar-refractivity contribution is 5.89. The van der Waals surface area contributed by atoms with E-state index in [2.05, 4.69) is 10.6 Å². The van der Waals surface area contributed by atoms with Gasteiger partial charge in [0.05, 0.1) is 6.61 Å². The molecular weight excluding hydrogens is 400 g/mol. The number of carbonyl (C=O) groups excluding carboxylic acids is 2. The molecule has 5 atom stereocenters. The van der Waals surface area contributed by atoms with E-state index in [0.717, 1.165) is 18.4 Å². The molecule has 0 aliphatic carbocycles. The molecule has 0 spiro atoms. The average molecular weight is 435 g/mol. The van der Waals surface area contributed by atoms with Gasteiger partial charge in [-0.15, -0.1) is 0 Å². The van der Waals surface area contributed by atoms with Crippen LogP contribution in [0.3, 0.4) is 0 Å². The highest BCUT2D eigenvalue weighted by Crippen LogP contribution is 2.15. The number of hydrogen-bond donors (Lipinski definition) is 5. The molecule has 5 N–H and O–H groups in total. The van der Waals surface area contributed by atoms with Gasteiger partial charge in [0.1, 0.15) is 24.4 Å². The number of carbonyl (C=O) groups is 2. The molecule has 1 heterocycles. The Morgan fingerprint density at radius 1 is 1.16 bits per heavy atom. The predicted octanol–water partition coefficient (Wildman–Crippen LogP) is 0.652. The standard InChI is InChI=1S/C23H34N2O6/c1-15(2)11-12-18(26)19(27)20(28)21(31-14-16-8-4-3-5-9-16)23(30)25-17-10-6-7-13-24-22(17)29/h3-5,8-9,11-12,15,17-21,26-28H,6-7,10,13-14H2,1-2H3,(H,24,29)(H,25,30)/b12-11+/t17-,18+,19-,20+,21+/m0/s1. The fourth-order valence-corrected chi connectivity index (χ4v) is 3.25. The Morgan fingerprint density at radius 3 is 2.55 bits per heavy atom. The zero-order chi connectivity index (χ0) is 22.8. The first-order valence-electron chi connectivity index (χ1n) is 10.8. The van der Waals surface area contributed by atoms with Crippen molar-refractivity contribution in [3.05, 3.63) is 48.0 Å². The summed E-state index contributed by atoms with van der Waals surface area (Å²) in [4.78, 5) is 25.1. The van der Waals surface area contributed by atoms with E-state index in [-0.39, 0.29) is 18.4 Å². The third-order valence-electron chi connectivity index (χ3n) is 5.09. The van der Waals surface area contributed by atoms with Crippen LogP contribution in [0.1, 0.15) is 38.7 Å². The van der Waals surface area contributed by atoms with E-state index in [1.807, 2.05) is 32.0 Å². The van der Waals surface area contributed by atoms with Crippen LogP contribution in [0, 0.1) is 5.92 Å². The molecule has 1 aliphatic heterocycles. The van der Waals surface area contributed by atoms with E-state index in [9.17, 15) is 24.9 Å². The second kappa shape index (κ2) is 12.6. The number of benzene rings is 1. The fraction of sp³-hybridized carbons (Fsp3) is 0.565. The number of amides is 2. The molecule has 0 bridgehead atoms. The van der Waals surface area contributed by atoms with Crippen molar-refractivity contribution in [3.63, 3.8) is 0 Å². The van der Waals surface area contributed by atoms with Crippen molar-refractivity contribution in [2.24, 2.45) is 5.92 Å². The highest BCUT2D eigenvalue weighted by atomic mass is 16.5. The normalized spacial score (nSPS) is 21.2. The van der Waals surface area contributed by atoms with Crippen molar-refractivity contribution in [1.29, 1.82) is 0 Å². The van der Waals surface area contributed by atoms with Crippen molar-refractivity contribution in [1.82, 2.24) is 10.6 Å². The molecule has 0 unspecified atom stereocenters. The van der Waals surface area contributed by atoms with Crippen LogP contribution in [-0.2, 0) is 20.9 Å². The number of rotatable bonds is 10. The quantitative estimate of drug-likeness (QED) is 0.344. The Morgan fingerprint density at radius 2 is 1.87 bits per heavy atom. The van der Waals surface area contributed by atoms with Crippen LogP contribution in [-0.4, -0.2) is 64.1 Å². The highest BCUT2D eigenvalue weighted by Gasteiger charge is 2.37. The second-order valence-corrected chi connectivity index (χ2v) is 8.17. The summed E-state index contributed by atoms with van der Waals surface area (Å²) in [5.41, 5.74) is 0.773. The molecule has 2 rings (SSSR count). The number of allylic oxidation sites excluding steroid dienone is 1. The van der Waals surface area contributed by atoms with Gasteiger partial charge >= 0.3 is 0 Å². The predicted molar refractivity (Wildman–Crippen MR) is 116 cm³/mol. The van der Waals surface area contributed by atoms with Gasteiger partial charge in [-0.3, -0.25) is 9.59 Å². The molecule has 8 heteroatoms. The Hall–Kier alpha value is -2.26. The number of hydrogen-bond acceptors (Lipinski definition) is 6. The summed E-state index contributed by atoms with van der Waals surface area (Å²) in [6.45, 7) is 4.37. The van der Waals surface area contributed by atoms with Gasteiger partial charge in [0.2, 0.25) is 5.91 Å². The van der Waals surface area contributed by atoms with Crippen molar-refractivity contribution in [2.75, 3.05) is 6.54 Å². The van der Waals surface area contributed by atoms with Crippen molar-refractivity contribution in [2.45, 2.75) is 70.2 Å². The van der Waals surface area contributed by atoms with Crippen molar-refractivity contribution < 1.29 is 29.6 Å². The molecule has 0 saturated carbocycles. The van der Waals surface area contributed by atoms with Gasteiger partial charge in [-0.25, -0.2) is 0 Å². The number of ether oxygens (including phenoxy) is 1. The lowest BCUT2D eigenvalue weighted by Gasteiger charge is -2.29. The Balaban J connectivity index is 2.13. The molecule has 0 radical (unpaired) electrons. The van der Waals surface area contributed by atoms with E-state index in [1.165, 1.54) is 6.08 Å². The summed E-state index contributed by atoms with van der Waals surface area (Å²) in [5.74, 6) is -0.867. The van der Waals surface area contributed by atoms with E-state index in [1.54, 1.807) is 18.2 Å². The first-order valence-corrected chi connectivity index (χ1v) is 10.8. The van der Waals surface area contributed by atoms with Gasteiger partial charge < -0.3 is 30.7 Å². The third kappa shape index (κ3) is 8.06. The lowest BCUT2D eigenvalue weighted by Crippen LogP contribution is -2.55. The van der Waals surface area contributed by atoms with Gasteiger partial charge in [0.25, 0.3) is 5.91 Å². The summed E-state index contributed by atoms with van der Waals surface area (Å²) in [6.07, 6.45) is -1.08. The van der Waals surface area contributed by atoms with E-state index < -0.39 is 36.4 Å². The van der Waals surface area contributed by atoms with Crippen LogP contribution in [0.5, 0.6) is 0 Å². The van der Waals surface area contributed by atoms with Gasteiger partial charge in [0, 0.05) is 6.54 Å². The van der Waals surface area contributed by atoms with Crippen LogP contribution in [0.25, 0.3) is 0 Å². The minimum atomic E-state index is -1.70.